The summed E-state index contributed by atoms with van der Waals surface area (Å²) in [4.78, 5) is 29.5. The van der Waals surface area contributed by atoms with Gasteiger partial charge >= 0.3 is 5.76 Å². The van der Waals surface area contributed by atoms with E-state index in [1.54, 1.807) is 13.1 Å². The third kappa shape index (κ3) is 4.43. The standard InChI is InChI=1S/C26H32N4O5S/c1-18-6-8-21(9-7-18)30-14-13-28(16-19(30)2)25(31)20-5-4-12-29(17-20)36(33,34)22-10-11-23-24(15-22)35-26(32)27(23)3/h6-11,15,19-20H,4-5,12-14,16-17H2,1-3H3/t19-,20-/m0/s1. The van der Waals surface area contributed by atoms with Gasteiger partial charge in [-0.25, -0.2) is 13.2 Å². The van der Waals surface area contributed by atoms with Crippen LogP contribution in [-0.4, -0.2) is 66.9 Å². The van der Waals surface area contributed by atoms with Crippen LogP contribution < -0.4 is 10.7 Å². The monoisotopic (exact) mass is 512 g/mol. The topological polar surface area (TPSA) is 96.1 Å². The van der Waals surface area contributed by atoms with Gasteiger partial charge in [-0.1, -0.05) is 17.7 Å². The summed E-state index contributed by atoms with van der Waals surface area (Å²) >= 11 is 0. The number of carbonyl (C=O) groups is 1. The number of sulfonamides is 1. The molecule has 9 nitrogen and oxygen atoms in total. The van der Waals surface area contributed by atoms with Crippen LogP contribution >= 0.6 is 0 Å². The Balaban J connectivity index is 1.28. The van der Waals surface area contributed by atoms with Crippen molar-refractivity contribution in [2.75, 3.05) is 37.6 Å². The van der Waals surface area contributed by atoms with Crippen molar-refractivity contribution >= 4 is 32.7 Å². The highest BCUT2D eigenvalue weighted by Crippen LogP contribution is 2.28. The van der Waals surface area contributed by atoms with E-state index in [0.717, 1.165) is 12.2 Å². The van der Waals surface area contributed by atoms with Crippen LogP contribution in [0, 0.1) is 12.8 Å². The minimum Gasteiger partial charge on any atom is -0.408 e. The highest BCUT2D eigenvalue weighted by molar-refractivity contribution is 7.89. The molecule has 3 aromatic rings. The Morgan fingerprint density at radius 1 is 1.03 bits per heavy atom. The SMILES string of the molecule is Cc1ccc(N2CCN(C(=O)[C@H]3CCCN(S(=O)(=O)c4ccc5c(c4)oc(=O)n5C)C3)C[C@@H]2C)cc1. The van der Waals surface area contributed by atoms with E-state index in [0.29, 0.717) is 38.0 Å². The Morgan fingerprint density at radius 2 is 1.78 bits per heavy atom. The first kappa shape index (κ1) is 24.6. The van der Waals surface area contributed by atoms with Gasteiger partial charge < -0.3 is 14.2 Å². The molecule has 2 aliphatic heterocycles. The summed E-state index contributed by atoms with van der Waals surface area (Å²) in [5, 5.41) is 0. The van der Waals surface area contributed by atoms with E-state index in [1.807, 2.05) is 4.90 Å². The largest absolute Gasteiger partial charge is 0.419 e. The normalized spacial score (nSPS) is 21.8. The Morgan fingerprint density at radius 3 is 2.50 bits per heavy atom. The maximum absolute atomic E-state index is 13.4. The summed E-state index contributed by atoms with van der Waals surface area (Å²) in [6, 6.07) is 13.1. The van der Waals surface area contributed by atoms with Crippen LogP contribution in [0.1, 0.15) is 25.3 Å². The van der Waals surface area contributed by atoms with E-state index < -0.39 is 15.8 Å². The van der Waals surface area contributed by atoms with E-state index in [9.17, 15) is 18.0 Å². The van der Waals surface area contributed by atoms with Crippen LogP contribution in [0.25, 0.3) is 11.1 Å². The van der Waals surface area contributed by atoms with E-state index >= 15 is 0 Å². The molecule has 192 valence electrons. The molecule has 2 saturated heterocycles. The van der Waals surface area contributed by atoms with Crippen molar-refractivity contribution in [2.45, 2.75) is 37.6 Å². The molecule has 0 N–H and O–H groups in total. The summed E-state index contributed by atoms with van der Waals surface area (Å²) in [5.74, 6) is -0.889. The Hall–Kier alpha value is -3.11. The van der Waals surface area contributed by atoms with Crippen LogP contribution in [-0.2, 0) is 21.9 Å². The molecule has 0 bridgehead atoms. The number of rotatable bonds is 4. The minimum absolute atomic E-state index is 0.0230. The lowest BCUT2D eigenvalue weighted by molar-refractivity contribution is -0.137. The van der Waals surface area contributed by atoms with Crippen molar-refractivity contribution in [3.63, 3.8) is 0 Å². The molecule has 1 amide bonds. The van der Waals surface area contributed by atoms with Gasteiger partial charge in [0.25, 0.3) is 0 Å². The average molecular weight is 513 g/mol. The summed E-state index contributed by atoms with van der Waals surface area (Å²) in [6.45, 7) is 6.67. The second-order valence-electron chi connectivity index (χ2n) is 9.92. The maximum atomic E-state index is 13.4. The molecular weight excluding hydrogens is 480 g/mol. The highest BCUT2D eigenvalue weighted by atomic mass is 32.2. The van der Waals surface area contributed by atoms with Crippen molar-refractivity contribution in [1.29, 1.82) is 0 Å². The maximum Gasteiger partial charge on any atom is 0.419 e. The Bertz CT molecular complexity index is 1440. The lowest BCUT2D eigenvalue weighted by Gasteiger charge is -2.43. The molecule has 2 fully saturated rings. The molecule has 2 aromatic carbocycles. The molecule has 0 spiro atoms. The van der Waals surface area contributed by atoms with Gasteiger partial charge in [0.2, 0.25) is 15.9 Å². The van der Waals surface area contributed by atoms with Gasteiger partial charge in [0, 0.05) is 57.6 Å². The van der Waals surface area contributed by atoms with Crippen molar-refractivity contribution in [2.24, 2.45) is 13.0 Å². The number of nitrogens with zero attached hydrogens (tertiary/aromatic N) is 4. The fraction of sp³-hybridized carbons (Fsp3) is 0.462. The molecule has 36 heavy (non-hydrogen) atoms. The van der Waals surface area contributed by atoms with Crippen molar-refractivity contribution in [1.82, 2.24) is 13.8 Å². The number of hydrogen-bond donors (Lipinski definition) is 0. The van der Waals surface area contributed by atoms with Gasteiger partial charge in [-0.15, -0.1) is 0 Å². The van der Waals surface area contributed by atoms with Crippen LogP contribution in [0.4, 0.5) is 5.69 Å². The predicted molar refractivity (Wildman–Crippen MR) is 138 cm³/mol. The summed E-state index contributed by atoms with van der Waals surface area (Å²) < 4.78 is 34.7. The van der Waals surface area contributed by atoms with Crippen LogP contribution in [0.2, 0.25) is 0 Å². The molecule has 1 aromatic heterocycles. The summed E-state index contributed by atoms with van der Waals surface area (Å²) in [6.07, 6.45) is 1.29. The fourth-order valence-corrected chi connectivity index (χ4v) is 6.86. The van der Waals surface area contributed by atoms with Crippen LogP contribution in [0.5, 0.6) is 0 Å². The zero-order valence-electron chi connectivity index (χ0n) is 20.9. The molecule has 0 aliphatic carbocycles. The number of fused-ring (bicyclic) bond motifs is 1. The summed E-state index contributed by atoms with van der Waals surface area (Å²) in [5.41, 5.74) is 3.13. The first-order valence-corrected chi connectivity index (χ1v) is 13.8. The molecule has 0 saturated carbocycles. The van der Waals surface area contributed by atoms with Crippen molar-refractivity contribution in [3.05, 3.63) is 58.6 Å². The van der Waals surface area contributed by atoms with Gasteiger partial charge in [0.1, 0.15) is 0 Å². The second-order valence-corrected chi connectivity index (χ2v) is 11.9. The van der Waals surface area contributed by atoms with Crippen molar-refractivity contribution < 1.29 is 17.6 Å². The van der Waals surface area contributed by atoms with Crippen molar-refractivity contribution in [3.8, 4) is 0 Å². The number of aryl methyl sites for hydroxylation is 2. The minimum atomic E-state index is -3.83. The van der Waals surface area contributed by atoms with Crippen LogP contribution in [0.3, 0.4) is 0 Å². The zero-order valence-corrected chi connectivity index (χ0v) is 21.7. The summed E-state index contributed by atoms with van der Waals surface area (Å²) in [7, 11) is -2.26. The fourth-order valence-electron chi connectivity index (χ4n) is 5.32. The number of anilines is 1. The molecular formula is C26H32N4O5S. The number of aromatic nitrogens is 1. The van der Waals surface area contributed by atoms with Gasteiger partial charge in [-0.05, 0) is 51.0 Å². The van der Waals surface area contributed by atoms with Gasteiger partial charge in [0.15, 0.2) is 5.58 Å². The zero-order chi connectivity index (χ0) is 25.6. The first-order valence-electron chi connectivity index (χ1n) is 12.4. The van der Waals surface area contributed by atoms with E-state index in [-0.39, 0.29) is 34.9 Å². The predicted octanol–water partition coefficient (Wildman–Crippen LogP) is 2.58. The molecule has 2 aliphatic rings. The smallest absolute Gasteiger partial charge is 0.408 e. The Labute approximate surface area is 210 Å². The van der Waals surface area contributed by atoms with Crippen LogP contribution in [0.15, 0.2) is 56.6 Å². The quantitative estimate of drug-likeness (QED) is 0.533. The number of oxazole rings is 1. The third-order valence-corrected chi connectivity index (χ3v) is 9.30. The number of carbonyl (C=O) groups excluding carboxylic acids is 1. The first-order chi connectivity index (χ1) is 17.1. The third-order valence-electron chi connectivity index (χ3n) is 7.44. The number of benzene rings is 2. The van der Waals surface area contributed by atoms with Gasteiger partial charge in [-0.2, -0.15) is 4.31 Å². The molecule has 5 rings (SSSR count). The lowest BCUT2D eigenvalue weighted by atomic mass is 9.97. The van der Waals surface area contributed by atoms with E-state index in [1.165, 1.54) is 26.6 Å². The Kier molecular flexibility index (Phi) is 6.42. The number of piperidine rings is 1. The van der Waals surface area contributed by atoms with Gasteiger partial charge in [0.05, 0.1) is 16.3 Å². The molecule has 3 heterocycles. The molecule has 0 unspecified atom stereocenters. The molecule has 2 atom stereocenters. The average Bonchev–Trinajstić information content (AvgIpc) is 3.17. The number of amides is 1. The number of piperazine rings is 1. The van der Waals surface area contributed by atoms with E-state index in [4.69, 9.17) is 4.42 Å². The lowest BCUT2D eigenvalue weighted by Crippen LogP contribution is -2.56. The molecule has 0 radical (unpaired) electrons. The molecule has 10 heteroatoms. The van der Waals surface area contributed by atoms with Gasteiger partial charge in [-0.3, -0.25) is 9.36 Å². The van der Waals surface area contributed by atoms with E-state index in [2.05, 4.69) is 43.0 Å². The highest BCUT2D eigenvalue weighted by Gasteiger charge is 2.37. The second kappa shape index (κ2) is 9.40. The number of hydrogen-bond acceptors (Lipinski definition) is 6.